The van der Waals surface area contributed by atoms with Gasteiger partial charge in [-0.2, -0.15) is 0 Å². The van der Waals surface area contributed by atoms with Crippen LogP contribution in [0.4, 0.5) is 14.9 Å². The highest BCUT2D eigenvalue weighted by atomic mass is 19.1. The third-order valence-corrected chi connectivity index (χ3v) is 6.98. The zero-order valence-corrected chi connectivity index (χ0v) is 22.1. The van der Waals surface area contributed by atoms with Gasteiger partial charge in [0.2, 0.25) is 5.75 Å². The zero-order chi connectivity index (χ0) is 27.5. The van der Waals surface area contributed by atoms with Crippen LogP contribution in [0.2, 0.25) is 0 Å². The molecular formula is C31H30FN3O5. The molecule has 0 bridgehead atoms. The molecule has 40 heavy (non-hydrogen) atoms. The summed E-state index contributed by atoms with van der Waals surface area (Å²) >= 11 is 0. The van der Waals surface area contributed by atoms with Crippen LogP contribution in [0.25, 0.3) is 10.9 Å². The molecule has 1 aliphatic heterocycles. The quantitative estimate of drug-likeness (QED) is 0.236. The first kappa shape index (κ1) is 25.7. The molecule has 0 unspecified atom stereocenters. The average molecular weight is 544 g/mol. The first-order chi connectivity index (χ1) is 19.5. The largest absolute Gasteiger partial charge is 0.489 e. The van der Waals surface area contributed by atoms with Gasteiger partial charge >= 0.3 is 6.03 Å². The number of anilines is 1. The van der Waals surface area contributed by atoms with Crippen LogP contribution >= 0.6 is 0 Å². The van der Waals surface area contributed by atoms with Crippen molar-refractivity contribution in [2.75, 3.05) is 25.1 Å². The summed E-state index contributed by atoms with van der Waals surface area (Å²) in [5, 5.41) is 6.37. The minimum absolute atomic E-state index is 0.288. The molecule has 2 aliphatic rings. The number of fused-ring (bicyclic) bond motifs is 3. The Morgan fingerprint density at radius 1 is 1.02 bits per heavy atom. The number of hydrogen-bond donors (Lipinski definition) is 2. The van der Waals surface area contributed by atoms with Crippen molar-refractivity contribution in [1.82, 2.24) is 10.3 Å². The minimum atomic E-state index is -0.371. The van der Waals surface area contributed by atoms with Gasteiger partial charge in [0.25, 0.3) is 0 Å². The molecule has 206 valence electrons. The van der Waals surface area contributed by atoms with Crippen molar-refractivity contribution in [2.45, 2.75) is 32.2 Å². The summed E-state index contributed by atoms with van der Waals surface area (Å²) in [6, 6.07) is 16.1. The summed E-state index contributed by atoms with van der Waals surface area (Å²) in [5.74, 6) is 3.38. The third-order valence-electron chi connectivity index (χ3n) is 6.98. The monoisotopic (exact) mass is 543 g/mol. The number of aromatic nitrogens is 1. The average Bonchev–Trinajstić information content (AvgIpc) is 3.79. The predicted molar refractivity (Wildman–Crippen MR) is 149 cm³/mol. The predicted octanol–water partition coefficient (Wildman–Crippen LogP) is 7.00. The van der Waals surface area contributed by atoms with Crippen LogP contribution < -0.4 is 29.6 Å². The Kier molecular flexibility index (Phi) is 7.27. The van der Waals surface area contributed by atoms with Gasteiger partial charge in [-0.1, -0.05) is 25.0 Å². The van der Waals surface area contributed by atoms with Crippen LogP contribution in [-0.2, 0) is 0 Å². The van der Waals surface area contributed by atoms with E-state index in [0.29, 0.717) is 65.2 Å². The third kappa shape index (κ3) is 5.88. The molecule has 1 fully saturated rings. The zero-order valence-electron chi connectivity index (χ0n) is 22.1. The molecule has 0 radical (unpaired) electrons. The second-order valence-electron chi connectivity index (χ2n) is 10.0. The number of carbonyl (C=O) groups excluding carboxylic acids is 1. The topological polar surface area (TPSA) is 90.9 Å². The van der Waals surface area contributed by atoms with Gasteiger partial charge in [-0.05, 0) is 67.3 Å². The molecular weight excluding hydrogens is 513 g/mol. The Morgan fingerprint density at radius 2 is 1.77 bits per heavy atom. The van der Waals surface area contributed by atoms with Crippen molar-refractivity contribution < 1.29 is 28.1 Å². The maximum atomic E-state index is 13.2. The Morgan fingerprint density at radius 3 is 2.52 bits per heavy atom. The van der Waals surface area contributed by atoms with Gasteiger partial charge < -0.3 is 29.6 Å². The van der Waals surface area contributed by atoms with E-state index >= 15 is 0 Å². The molecule has 2 heterocycles. The summed E-state index contributed by atoms with van der Waals surface area (Å²) in [7, 11) is 0. The Balaban J connectivity index is 1.15. The summed E-state index contributed by atoms with van der Waals surface area (Å²) in [4.78, 5) is 17.0. The van der Waals surface area contributed by atoms with Crippen molar-refractivity contribution in [3.63, 3.8) is 0 Å². The number of benzene rings is 3. The van der Waals surface area contributed by atoms with Crippen LogP contribution in [0.3, 0.4) is 0 Å². The summed E-state index contributed by atoms with van der Waals surface area (Å²) in [6.07, 6.45) is 5.28. The maximum Gasteiger partial charge on any atom is 0.319 e. The number of pyridine rings is 1. The van der Waals surface area contributed by atoms with Gasteiger partial charge in [0.1, 0.15) is 30.5 Å². The molecule has 3 aromatic carbocycles. The molecule has 0 spiro atoms. The van der Waals surface area contributed by atoms with E-state index in [4.69, 9.17) is 18.9 Å². The van der Waals surface area contributed by atoms with Gasteiger partial charge in [0.05, 0.1) is 23.6 Å². The summed E-state index contributed by atoms with van der Waals surface area (Å²) in [6.45, 7) is 3.33. The van der Waals surface area contributed by atoms with Crippen LogP contribution in [0, 0.1) is 11.7 Å². The molecule has 1 atom stereocenters. The van der Waals surface area contributed by atoms with E-state index in [9.17, 15) is 9.18 Å². The van der Waals surface area contributed by atoms with Crippen LogP contribution in [0.15, 0.2) is 66.9 Å². The van der Waals surface area contributed by atoms with Crippen LogP contribution in [-0.4, -0.2) is 30.8 Å². The number of amides is 2. The molecule has 6 rings (SSSR count). The van der Waals surface area contributed by atoms with Crippen molar-refractivity contribution in [3.8, 4) is 28.7 Å². The van der Waals surface area contributed by atoms with Crippen LogP contribution in [0.5, 0.6) is 28.7 Å². The number of urea groups is 1. The van der Waals surface area contributed by atoms with Gasteiger partial charge in [0, 0.05) is 18.0 Å². The van der Waals surface area contributed by atoms with Gasteiger partial charge in [-0.3, -0.25) is 4.98 Å². The lowest BCUT2D eigenvalue weighted by molar-refractivity contribution is 0.163. The van der Waals surface area contributed by atoms with E-state index in [-0.39, 0.29) is 17.9 Å². The van der Waals surface area contributed by atoms with E-state index in [1.54, 1.807) is 48.7 Å². The minimum Gasteiger partial charge on any atom is -0.489 e. The highest BCUT2D eigenvalue weighted by Crippen LogP contribution is 2.48. The lowest BCUT2D eigenvalue weighted by Crippen LogP contribution is -2.31. The van der Waals surface area contributed by atoms with Gasteiger partial charge in [0.15, 0.2) is 11.5 Å². The molecule has 1 aliphatic carbocycles. The Labute approximate surface area is 231 Å². The number of nitrogens with one attached hydrogen (secondary N) is 2. The number of ether oxygens (including phenoxy) is 4. The van der Waals surface area contributed by atoms with E-state index in [1.165, 1.54) is 25.0 Å². The van der Waals surface area contributed by atoms with Gasteiger partial charge in [-0.15, -0.1) is 0 Å². The smallest absolute Gasteiger partial charge is 0.319 e. The lowest BCUT2D eigenvalue weighted by Gasteiger charge is -2.23. The lowest BCUT2D eigenvalue weighted by atomic mass is 10.1. The molecule has 2 amide bonds. The van der Waals surface area contributed by atoms with Crippen LogP contribution in [0.1, 0.15) is 37.8 Å². The number of hydrogen-bond acceptors (Lipinski definition) is 6. The maximum absolute atomic E-state index is 13.2. The number of carbonyl (C=O) groups is 1. The van der Waals surface area contributed by atoms with E-state index in [0.717, 1.165) is 17.9 Å². The highest BCUT2D eigenvalue weighted by molar-refractivity contribution is 5.95. The molecule has 4 aromatic rings. The second kappa shape index (κ2) is 11.3. The first-order valence-electron chi connectivity index (χ1n) is 13.5. The van der Waals surface area contributed by atoms with E-state index in [1.807, 2.05) is 13.0 Å². The molecule has 8 nitrogen and oxygen atoms in total. The Hall–Kier alpha value is -4.53. The highest BCUT2D eigenvalue weighted by Gasteiger charge is 2.26. The standard InChI is InChI=1S/C31H30FN3O5/c1-19(21-4-6-22(32)7-5-21)34-31(36)35-23-8-10-24(11-9-23)40-26-12-14-33-25-18-27(37-15-13-20-2-3-20)29-30(28(25)26)39-17-16-38-29/h4-12,14,18-20H,2-3,13,15-17H2,1H3,(H2,34,35,36)/t19-/m1/s1. The fourth-order valence-electron chi connectivity index (χ4n) is 4.64. The second-order valence-corrected chi connectivity index (χ2v) is 10.0. The van der Waals surface area contributed by atoms with E-state index < -0.39 is 0 Å². The Bertz CT molecular complexity index is 1510. The summed E-state index contributed by atoms with van der Waals surface area (Å²) in [5.41, 5.74) is 2.09. The first-order valence-corrected chi connectivity index (χ1v) is 13.5. The number of rotatable bonds is 9. The molecule has 2 N–H and O–H groups in total. The summed E-state index contributed by atoms with van der Waals surface area (Å²) < 4.78 is 37.5. The molecule has 9 heteroatoms. The number of nitrogens with zero attached hydrogens (tertiary/aromatic N) is 1. The van der Waals surface area contributed by atoms with Crippen molar-refractivity contribution in [1.29, 1.82) is 0 Å². The molecule has 0 saturated heterocycles. The molecule has 1 saturated carbocycles. The van der Waals surface area contributed by atoms with Crippen molar-refractivity contribution >= 4 is 22.6 Å². The normalized spacial score (nSPS) is 14.8. The SMILES string of the molecule is C[C@@H](NC(=O)Nc1ccc(Oc2ccnc3cc(OCCC4CC4)c4c(c23)OCCO4)cc1)c1ccc(F)cc1. The molecule has 1 aromatic heterocycles. The van der Waals surface area contributed by atoms with Gasteiger partial charge in [-0.25, -0.2) is 9.18 Å². The number of halogens is 1. The fraction of sp³-hybridized carbons (Fsp3) is 0.290. The fourth-order valence-corrected chi connectivity index (χ4v) is 4.64. The van der Waals surface area contributed by atoms with Crippen molar-refractivity contribution in [3.05, 3.63) is 78.2 Å². The van der Waals surface area contributed by atoms with Crippen molar-refractivity contribution in [2.24, 2.45) is 5.92 Å². The van der Waals surface area contributed by atoms with E-state index in [2.05, 4.69) is 15.6 Å².